The van der Waals surface area contributed by atoms with E-state index in [2.05, 4.69) is 15.3 Å². The Bertz CT molecular complexity index is 755. The third-order valence-corrected chi connectivity index (χ3v) is 3.71. The number of benzene rings is 1. The highest BCUT2D eigenvalue weighted by Gasteiger charge is 2.29. The summed E-state index contributed by atoms with van der Waals surface area (Å²) in [6, 6.07) is 2.80. The van der Waals surface area contributed by atoms with Gasteiger partial charge in [0.25, 0.3) is 0 Å². The van der Waals surface area contributed by atoms with Gasteiger partial charge >= 0.3 is 6.03 Å². The topological polar surface area (TPSA) is 76.6 Å². The van der Waals surface area contributed by atoms with Crippen molar-refractivity contribution in [1.29, 1.82) is 0 Å². The number of hydrogen-bond acceptors (Lipinski definition) is 5. The summed E-state index contributed by atoms with van der Waals surface area (Å²) >= 11 is 0. The molecule has 1 saturated heterocycles. The number of methoxy groups -OCH3 is 1. The number of aromatic nitrogens is 2. The van der Waals surface area contributed by atoms with Crippen LogP contribution in [-0.4, -0.2) is 47.2 Å². The summed E-state index contributed by atoms with van der Waals surface area (Å²) in [5.41, 5.74) is -0.462. The fraction of sp³-hybridized carbons (Fsp3) is 0.312. The minimum Gasteiger partial charge on any atom is -0.480 e. The maximum atomic E-state index is 13.6. The van der Waals surface area contributed by atoms with Gasteiger partial charge in [-0.15, -0.1) is 0 Å². The Kier molecular flexibility index (Phi) is 4.92. The van der Waals surface area contributed by atoms with E-state index in [0.717, 1.165) is 12.1 Å². The lowest BCUT2D eigenvalue weighted by Gasteiger charge is -2.18. The molecule has 9 heteroatoms. The summed E-state index contributed by atoms with van der Waals surface area (Å²) in [5, 5.41) is 2.26. The predicted octanol–water partition coefficient (Wildman–Crippen LogP) is 2.45. The van der Waals surface area contributed by atoms with E-state index < -0.39 is 23.4 Å². The van der Waals surface area contributed by atoms with Crippen molar-refractivity contribution in [3.63, 3.8) is 0 Å². The van der Waals surface area contributed by atoms with Gasteiger partial charge in [0, 0.05) is 13.0 Å². The van der Waals surface area contributed by atoms with E-state index in [0.29, 0.717) is 18.8 Å². The van der Waals surface area contributed by atoms with Crippen LogP contribution in [0, 0.1) is 11.6 Å². The molecule has 1 atom stereocenters. The highest BCUT2D eigenvalue weighted by Crippen LogP contribution is 2.21. The van der Waals surface area contributed by atoms with Crippen LogP contribution in [0.3, 0.4) is 0 Å². The summed E-state index contributed by atoms with van der Waals surface area (Å²) < 4.78 is 37.9. The quantitative estimate of drug-likeness (QED) is 0.917. The molecule has 25 heavy (non-hydrogen) atoms. The molecule has 0 bridgehead atoms. The number of para-hydroxylation sites is 1. The lowest BCUT2D eigenvalue weighted by Crippen LogP contribution is -2.35. The van der Waals surface area contributed by atoms with Crippen molar-refractivity contribution in [3.8, 4) is 11.8 Å². The number of anilines is 1. The molecule has 0 saturated carbocycles. The molecule has 2 aromatic rings. The molecule has 3 rings (SSSR count). The third kappa shape index (κ3) is 3.93. The van der Waals surface area contributed by atoms with Gasteiger partial charge in [0.1, 0.15) is 23.4 Å². The highest BCUT2D eigenvalue weighted by atomic mass is 19.1. The zero-order valence-electron chi connectivity index (χ0n) is 13.4. The minimum absolute atomic E-state index is 0.265. The van der Waals surface area contributed by atoms with Gasteiger partial charge in [0.2, 0.25) is 11.8 Å². The molecule has 0 radical (unpaired) electrons. The van der Waals surface area contributed by atoms with E-state index in [4.69, 9.17) is 9.47 Å². The Morgan fingerprint density at radius 3 is 2.72 bits per heavy atom. The molecule has 2 heterocycles. The van der Waals surface area contributed by atoms with Crippen LogP contribution in [0.2, 0.25) is 0 Å². The molecule has 1 fully saturated rings. The average Bonchev–Trinajstić information content (AvgIpc) is 3.07. The number of urea groups is 1. The van der Waals surface area contributed by atoms with Crippen molar-refractivity contribution in [2.24, 2.45) is 0 Å². The van der Waals surface area contributed by atoms with Crippen molar-refractivity contribution < 1.29 is 23.0 Å². The number of amides is 2. The third-order valence-electron chi connectivity index (χ3n) is 3.71. The molecule has 1 aliphatic rings. The normalized spacial score (nSPS) is 16.6. The molecular formula is C16H16F2N4O3. The number of halogens is 2. The molecule has 1 aromatic heterocycles. The Morgan fingerprint density at radius 2 is 2.00 bits per heavy atom. The number of likely N-dealkylation sites (tertiary alicyclic amines) is 1. The Morgan fingerprint density at radius 1 is 1.28 bits per heavy atom. The van der Waals surface area contributed by atoms with Crippen LogP contribution < -0.4 is 14.8 Å². The fourth-order valence-corrected chi connectivity index (χ4v) is 2.47. The molecule has 2 amide bonds. The number of hydrogen-bond donors (Lipinski definition) is 1. The molecule has 0 aliphatic carbocycles. The van der Waals surface area contributed by atoms with Crippen molar-refractivity contribution >= 4 is 11.7 Å². The summed E-state index contributed by atoms with van der Waals surface area (Å²) in [4.78, 5) is 21.6. The number of rotatable bonds is 4. The fourth-order valence-electron chi connectivity index (χ4n) is 2.47. The smallest absolute Gasteiger partial charge is 0.322 e. The summed E-state index contributed by atoms with van der Waals surface area (Å²) in [6.45, 7) is 0.658. The van der Waals surface area contributed by atoms with Gasteiger partial charge in [0.05, 0.1) is 26.0 Å². The van der Waals surface area contributed by atoms with E-state index in [1.807, 2.05) is 0 Å². The van der Waals surface area contributed by atoms with Crippen LogP contribution in [0.4, 0.5) is 19.3 Å². The first-order valence-electron chi connectivity index (χ1n) is 7.59. The van der Waals surface area contributed by atoms with Gasteiger partial charge in [-0.2, -0.15) is 4.98 Å². The molecule has 1 aliphatic heterocycles. The maximum Gasteiger partial charge on any atom is 0.322 e. The summed E-state index contributed by atoms with van der Waals surface area (Å²) in [7, 11) is 1.47. The van der Waals surface area contributed by atoms with Crippen LogP contribution in [0.5, 0.6) is 11.8 Å². The Labute approximate surface area is 142 Å². The van der Waals surface area contributed by atoms with Crippen LogP contribution in [0.25, 0.3) is 0 Å². The number of ether oxygens (including phenoxy) is 2. The first kappa shape index (κ1) is 16.9. The average molecular weight is 350 g/mol. The summed E-state index contributed by atoms with van der Waals surface area (Å²) in [5.74, 6) is -1.05. The molecular weight excluding hydrogens is 334 g/mol. The largest absolute Gasteiger partial charge is 0.480 e. The lowest BCUT2D eigenvalue weighted by molar-refractivity contribution is 0.187. The lowest BCUT2D eigenvalue weighted by atomic mass is 10.3. The van der Waals surface area contributed by atoms with Gasteiger partial charge in [-0.05, 0) is 12.1 Å². The second kappa shape index (κ2) is 7.29. The second-order valence-electron chi connectivity index (χ2n) is 5.40. The van der Waals surface area contributed by atoms with Crippen LogP contribution in [0.1, 0.15) is 6.42 Å². The first-order valence-corrected chi connectivity index (χ1v) is 7.59. The summed E-state index contributed by atoms with van der Waals surface area (Å²) in [6.07, 6.45) is 3.16. The van der Waals surface area contributed by atoms with E-state index in [1.165, 1.54) is 30.5 Å². The highest BCUT2D eigenvalue weighted by molar-refractivity contribution is 5.89. The number of carbonyl (C=O) groups is 1. The van der Waals surface area contributed by atoms with Crippen molar-refractivity contribution in [2.45, 2.75) is 12.5 Å². The van der Waals surface area contributed by atoms with E-state index in [-0.39, 0.29) is 18.5 Å². The maximum absolute atomic E-state index is 13.6. The van der Waals surface area contributed by atoms with Gasteiger partial charge < -0.3 is 19.7 Å². The Hall–Kier alpha value is -2.97. The molecule has 1 aromatic carbocycles. The minimum atomic E-state index is -0.827. The van der Waals surface area contributed by atoms with E-state index >= 15 is 0 Å². The molecule has 0 spiro atoms. The molecule has 1 N–H and O–H groups in total. The predicted molar refractivity (Wildman–Crippen MR) is 84.6 cm³/mol. The van der Waals surface area contributed by atoms with Crippen molar-refractivity contribution in [3.05, 3.63) is 42.2 Å². The zero-order chi connectivity index (χ0) is 17.8. The van der Waals surface area contributed by atoms with Crippen LogP contribution in [0.15, 0.2) is 30.6 Å². The Balaban J connectivity index is 1.59. The molecule has 1 unspecified atom stereocenters. The number of nitrogens with zero attached hydrogens (tertiary/aromatic N) is 3. The van der Waals surface area contributed by atoms with Crippen molar-refractivity contribution in [1.82, 2.24) is 14.9 Å². The molecule has 132 valence electrons. The van der Waals surface area contributed by atoms with Crippen LogP contribution >= 0.6 is 0 Å². The standard InChI is InChI=1S/C16H16F2N4O3/c1-24-13-7-19-8-14(20-13)25-10-5-6-22(9-10)16(23)21-15-11(17)3-2-4-12(15)18/h2-4,7-8,10H,5-6,9H2,1H3,(H,21,23). The zero-order valence-corrected chi connectivity index (χ0v) is 13.4. The van der Waals surface area contributed by atoms with E-state index in [9.17, 15) is 13.6 Å². The van der Waals surface area contributed by atoms with Gasteiger partial charge in [-0.25, -0.2) is 13.6 Å². The van der Waals surface area contributed by atoms with Gasteiger partial charge in [-0.3, -0.25) is 4.98 Å². The van der Waals surface area contributed by atoms with E-state index in [1.54, 1.807) is 0 Å². The van der Waals surface area contributed by atoms with Gasteiger partial charge in [0.15, 0.2) is 0 Å². The van der Waals surface area contributed by atoms with Crippen LogP contribution in [-0.2, 0) is 0 Å². The number of nitrogens with one attached hydrogen (secondary N) is 1. The molecule has 7 nitrogen and oxygen atoms in total. The SMILES string of the molecule is COc1cncc(OC2CCN(C(=O)Nc3c(F)cccc3F)C2)n1. The first-order chi connectivity index (χ1) is 12.1. The second-order valence-corrected chi connectivity index (χ2v) is 5.40. The van der Waals surface area contributed by atoms with Gasteiger partial charge in [-0.1, -0.05) is 6.07 Å². The number of carbonyl (C=O) groups excluding carboxylic acids is 1. The monoisotopic (exact) mass is 350 g/mol. The van der Waals surface area contributed by atoms with Crippen molar-refractivity contribution in [2.75, 3.05) is 25.5 Å².